The Morgan fingerprint density at radius 1 is 0.727 bits per heavy atom. The molecule has 6 rings (SSSR count). The van der Waals surface area contributed by atoms with Crippen molar-refractivity contribution in [3.8, 4) is 33.9 Å². The molecule has 0 saturated carbocycles. The number of aliphatic hydroxyl groups excluding tert-OH is 3. The molecular weight excluding hydrogens is 941 g/mol. The summed E-state index contributed by atoms with van der Waals surface area (Å²) in [5.41, 5.74) is 1.21. The minimum absolute atomic E-state index is 0. The molecule has 5 atom stereocenters. The number of carbonyl (C=O) groups is 5. The third-order valence-electron chi connectivity index (χ3n) is 9.54. The fourth-order valence-corrected chi connectivity index (χ4v) is 6.61. The van der Waals surface area contributed by atoms with Crippen LogP contribution in [0.1, 0.15) is 15.9 Å². The van der Waals surface area contributed by atoms with Crippen molar-refractivity contribution in [2.24, 2.45) is 0 Å². The van der Waals surface area contributed by atoms with Crippen LogP contribution in [-0.2, 0) is 28.7 Å². The van der Waals surface area contributed by atoms with Crippen LogP contribution >= 0.6 is 12.2 Å². The fraction of sp³-hybridized carbons (Fsp3) is 0.214. The van der Waals surface area contributed by atoms with Gasteiger partial charge in [-0.3, -0.25) is 19.2 Å². The maximum absolute atomic E-state index is 12.5. The molecule has 3 aromatic carbocycles. The monoisotopic (exact) mass is 977 g/mol. The Labute approximate surface area is 463 Å². The number of aliphatic hydroxyl groups is 3. The molecule has 3 aliphatic rings. The molecule has 0 radical (unpaired) electrons. The molecule has 1 fully saturated rings. The summed E-state index contributed by atoms with van der Waals surface area (Å²) in [6.07, 6.45) is -7.75. The molecule has 3 amide bonds. The second-order valence-electron chi connectivity index (χ2n) is 14.0. The van der Waals surface area contributed by atoms with E-state index in [0.717, 1.165) is 6.08 Å². The minimum Gasteiger partial charge on any atom is -0.872 e. The van der Waals surface area contributed by atoms with Crippen LogP contribution in [0.15, 0.2) is 93.8 Å². The second kappa shape index (κ2) is 24.6. The number of thiocarbonyl (C=S) groups is 1. The van der Waals surface area contributed by atoms with E-state index in [-0.39, 0.29) is 159 Å². The first-order valence-electron chi connectivity index (χ1n) is 19.0. The summed E-state index contributed by atoms with van der Waals surface area (Å²) >= 11 is 5.26. The molecule has 3 aromatic rings. The summed E-state index contributed by atoms with van der Waals surface area (Å²) in [5, 5.41) is 87.1. The molecule has 1 saturated heterocycles. The fourth-order valence-electron chi connectivity index (χ4n) is 6.42. The van der Waals surface area contributed by atoms with Gasteiger partial charge in [0.15, 0.2) is 10.5 Å². The Balaban J connectivity index is 0.00000476. The number of aliphatic carboxylic acids is 1. The van der Waals surface area contributed by atoms with Crippen LogP contribution in [0.2, 0.25) is 0 Å². The van der Waals surface area contributed by atoms with E-state index < -0.39 is 92.3 Å². The predicted molar refractivity (Wildman–Crippen MR) is 223 cm³/mol. The number of hydrogen-bond acceptors (Lipinski definition) is 15. The van der Waals surface area contributed by atoms with Crippen LogP contribution in [0.25, 0.3) is 39.5 Å². The number of benzene rings is 4. The van der Waals surface area contributed by atoms with Crippen molar-refractivity contribution in [3.05, 3.63) is 106 Å². The minimum atomic E-state index is -1.91. The number of hydrogen-bond donors (Lipinski definition) is 10. The topological polar surface area (TPSA) is 341 Å². The Kier molecular flexibility index (Phi) is 20.2. The molecule has 66 heavy (non-hydrogen) atoms. The van der Waals surface area contributed by atoms with Crippen molar-refractivity contribution < 1.29 is 176 Å². The van der Waals surface area contributed by atoms with Crippen LogP contribution < -0.4 is 145 Å². The first kappa shape index (κ1) is 54.3. The summed E-state index contributed by atoms with van der Waals surface area (Å²) in [6, 6.07) is 17.4. The third-order valence-corrected chi connectivity index (χ3v) is 9.79. The molecule has 2 heterocycles. The van der Waals surface area contributed by atoms with Crippen LogP contribution in [0.3, 0.4) is 0 Å². The van der Waals surface area contributed by atoms with E-state index in [4.69, 9.17) is 26.1 Å². The largest absolute Gasteiger partial charge is 1.00 e. The van der Waals surface area contributed by atoms with E-state index in [1.54, 1.807) is 0 Å². The summed E-state index contributed by atoms with van der Waals surface area (Å²) in [5.74, 6) is -6.41. The number of nitrogens with one attached hydrogen (secondary N) is 5. The molecule has 334 valence electrons. The zero-order valence-electron chi connectivity index (χ0n) is 34.9. The molecule has 0 unspecified atom stereocenters. The van der Waals surface area contributed by atoms with Gasteiger partial charge in [0.25, 0.3) is 0 Å². The van der Waals surface area contributed by atoms with E-state index in [1.807, 2.05) is 0 Å². The Bertz CT molecular complexity index is 2680. The molecule has 0 spiro atoms. The average Bonchev–Trinajstić information content (AvgIpc) is 3.26. The number of rotatable bonds is 15. The number of carboxylic acid groups (broad SMARTS) is 2. The van der Waals surface area contributed by atoms with Gasteiger partial charge in [-0.25, -0.2) is 9.59 Å². The van der Waals surface area contributed by atoms with Crippen molar-refractivity contribution >= 4 is 69.7 Å². The van der Waals surface area contributed by atoms with Crippen LogP contribution in [0, 0.1) is 0 Å². The number of carboxylic acids is 2. The van der Waals surface area contributed by atoms with Crippen molar-refractivity contribution in [2.75, 3.05) is 31.5 Å². The van der Waals surface area contributed by atoms with Gasteiger partial charge in [-0.2, -0.15) is 0 Å². The van der Waals surface area contributed by atoms with Gasteiger partial charge in [-0.15, -0.1) is 11.5 Å². The normalized spacial score (nSPS) is 17.9. The van der Waals surface area contributed by atoms with Crippen molar-refractivity contribution in [1.82, 2.24) is 21.3 Å². The van der Waals surface area contributed by atoms with E-state index >= 15 is 0 Å². The van der Waals surface area contributed by atoms with Gasteiger partial charge in [0.2, 0.25) is 29.8 Å². The molecule has 21 nitrogen and oxygen atoms in total. The third kappa shape index (κ3) is 14.1. The maximum atomic E-state index is 12.5. The number of fused-ring (bicyclic) bond motifs is 2. The zero-order valence-corrected chi connectivity index (χ0v) is 42.0. The van der Waals surface area contributed by atoms with Gasteiger partial charge in [0.05, 0.1) is 25.2 Å². The SMILES string of the molecule is O=C(CNC(=O)CNC(=S)Nc1ccc(-c2c3ccc(=O)cc-3oc3cc([O-])ccc23)c(C(=O)O)c1)NCC(=O)NC[C@H]1O[C@@H](O/C(=C\c2ccc([O-])cc2)C(=O)O)[C@H](O)[C@@H](O)[C@H]1O.[K+].[K+]. The van der Waals surface area contributed by atoms with E-state index in [2.05, 4.69) is 26.6 Å². The van der Waals surface area contributed by atoms with E-state index in [9.17, 15) is 64.5 Å². The van der Waals surface area contributed by atoms with Gasteiger partial charge in [0.1, 0.15) is 35.8 Å². The number of ether oxygens (including phenoxy) is 2. The molecule has 1 aliphatic carbocycles. The van der Waals surface area contributed by atoms with Crippen LogP contribution in [0.4, 0.5) is 5.69 Å². The predicted octanol–water partition coefficient (Wildman–Crippen LogP) is -7.00. The molecule has 24 heteroatoms. The molecule has 0 aromatic heterocycles. The number of anilines is 1. The first-order chi connectivity index (χ1) is 30.5. The van der Waals surface area contributed by atoms with Gasteiger partial charge < -0.3 is 76.2 Å². The standard InChI is InChI=1S/C42H39N5O16S.2K/c48-21-4-1-19(2-5-21)11-30(40(59)60)62-41-38(56)37(55)36(54)31(63-41)15-43-32(51)16-44-33(52)17-45-34(53)18-46-42(64)47-20-3-8-24(27(12-20)39(57)58)35-25-9-6-22(49)13-28(25)61-29-14-23(50)7-10-26(29)35;;/h1-14,31,36-38,41,48-49,54-56H,15-18H2,(H,43,51)(H,44,52)(H,45,53)(H,57,58)(H,59,60)(H2,46,47,64);;/q;2*+1/p-2/b30-11-;;/t31-,36+,37+,38-,41-;;/m1../s1. The molecule has 10 N–H and O–H groups in total. The van der Waals surface area contributed by atoms with Crippen LogP contribution in [0.5, 0.6) is 11.5 Å². The molecular formula is C42H37K2N5O16S. The van der Waals surface area contributed by atoms with Gasteiger partial charge in [-0.05, 0) is 59.8 Å². The first-order valence-corrected chi connectivity index (χ1v) is 19.4. The maximum Gasteiger partial charge on any atom is 1.00 e. The molecule has 2 aliphatic heterocycles. The number of carbonyl (C=O) groups excluding carboxylic acids is 3. The average molecular weight is 978 g/mol. The summed E-state index contributed by atoms with van der Waals surface area (Å²) in [4.78, 5) is 73.7. The Hall–Kier alpha value is -4.36. The van der Waals surface area contributed by atoms with Gasteiger partial charge in [-0.1, -0.05) is 42.5 Å². The second-order valence-corrected chi connectivity index (χ2v) is 14.4. The summed E-state index contributed by atoms with van der Waals surface area (Å²) in [6.45, 7) is -2.07. The van der Waals surface area contributed by atoms with Gasteiger partial charge in [0, 0.05) is 34.8 Å². The Morgan fingerprint density at radius 3 is 2.00 bits per heavy atom. The van der Waals surface area contributed by atoms with Crippen molar-refractivity contribution in [2.45, 2.75) is 30.7 Å². The van der Waals surface area contributed by atoms with Gasteiger partial charge >= 0.3 is 115 Å². The van der Waals surface area contributed by atoms with Crippen molar-refractivity contribution in [1.29, 1.82) is 0 Å². The van der Waals surface area contributed by atoms with E-state index in [0.29, 0.717) is 16.5 Å². The van der Waals surface area contributed by atoms with E-state index in [1.165, 1.54) is 78.9 Å². The number of amides is 3. The summed E-state index contributed by atoms with van der Waals surface area (Å²) < 4.78 is 16.5. The smallest absolute Gasteiger partial charge is 0.872 e. The Morgan fingerprint density at radius 2 is 1.35 bits per heavy atom. The quantitative estimate of drug-likeness (QED) is 0.0153. The summed E-state index contributed by atoms with van der Waals surface area (Å²) in [7, 11) is 0. The van der Waals surface area contributed by atoms with Crippen molar-refractivity contribution in [3.63, 3.8) is 0 Å². The zero-order chi connectivity index (χ0) is 46.2. The molecule has 0 bridgehead atoms. The van der Waals surface area contributed by atoms with Crippen LogP contribution in [-0.4, -0.2) is 117 Å². The number of aromatic carboxylic acids is 1.